The molecule has 124 valence electrons. The molecule has 2 aromatic carbocycles. The van der Waals surface area contributed by atoms with E-state index in [9.17, 15) is 0 Å². The van der Waals surface area contributed by atoms with Gasteiger partial charge in [0.1, 0.15) is 12.4 Å². The molecule has 0 aliphatic carbocycles. The van der Waals surface area contributed by atoms with Gasteiger partial charge in [0, 0.05) is 11.6 Å². The summed E-state index contributed by atoms with van der Waals surface area (Å²) in [7, 11) is 0. The van der Waals surface area contributed by atoms with Crippen molar-refractivity contribution in [1.29, 1.82) is 0 Å². The molecule has 0 atom stereocenters. The van der Waals surface area contributed by atoms with E-state index < -0.39 is 0 Å². The maximum absolute atomic E-state index is 5.99. The number of hydrogen-bond donors (Lipinski definition) is 0. The minimum Gasteiger partial charge on any atom is -0.488 e. The van der Waals surface area contributed by atoms with Crippen LogP contribution in [-0.4, -0.2) is 31.1 Å². The number of halogens is 2. The third-order valence-corrected chi connectivity index (χ3v) is 3.97. The van der Waals surface area contributed by atoms with Crippen LogP contribution in [0, 0.1) is 0 Å². The van der Waals surface area contributed by atoms with Crippen LogP contribution in [0.25, 0.3) is 0 Å². The summed E-state index contributed by atoms with van der Waals surface area (Å²) in [6.07, 6.45) is 2.60. The minimum absolute atomic E-state index is 0. The Hall–Kier alpha value is -1.42. The van der Waals surface area contributed by atoms with Gasteiger partial charge in [-0.25, -0.2) is 0 Å². The molecule has 1 aliphatic rings. The fraction of sp³-hybridized carbons (Fsp3) is 0.333. The Bertz CT molecular complexity index is 615. The fourth-order valence-electron chi connectivity index (χ4n) is 2.60. The van der Waals surface area contributed by atoms with Gasteiger partial charge in [0.2, 0.25) is 0 Å². The molecule has 1 fully saturated rings. The Morgan fingerprint density at radius 2 is 1.70 bits per heavy atom. The van der Waals surface area contributed by atoms with Crippen molar-refractivity contribution >= 4 is 24.0 Å². The van der Waals surface area contributed by atoms with E-state index in [1.807, 2.05) is 42.5 Å². The van der Waals surface area contributed by atoms with Gasteiger partial charge in [-0.2, -0.15) is 0 Å². The number of nitrogens with zero attached hydrogens (tertiary/aromatic N) is 1. The minimum atomic E-state index is 0. The van der Waals surface area contributed by atoms with Gasteiger partial charge >= 0.3 is 0 Å². The Labute approximate surface area is 148 Å². The summed E-state index contributed by atoms with van der Waals surface area (Å²) in [5.74, 6) is 2.19. The van der Waals surface area contributed by atoms with Crippen molar-refractivity contribution < 1.29 is 9.47 Å². The van der Waals surface area contributed by atoms with Crippen molar-refractivity contribution in [3.63, 3.8) is 0 Å². The molecule has 1 heterocycles. The van der Waals surface area contributed by atoms with E-state index >= 15 is 0 Å². The van der Waals surface area contributed by atoms with Crippen molar-refractivity contribution in [1.82, 2.24) is 4.90 Å². The molecule has 1 saturated heterocycles. The predicted octanol–water partition coefficient (Wildman–Crippen LogP) is 5.03. The first kappa shape index (κ1) is 17.9. The van der Waals surface area contributed by atoms with Crippen LogP contribution in [0.15, 0.2) is 48.5 Å². The molecule has 0 unspecified atom stereocenters. The van der Waals surface area contributed by atoms with E-state index in [-0.39, 0.29) is 12.4 Å². The first-order valence-electron chi connectivity index (χ1n) is 7.69. The Kier molecular flexibility index (Phi) is 7.03. The van der Waals surface area contributed by atoms with Crippen molar-refractivity contribution in [3.8, 4) is 17.2 Å². The number of hydrogen-bond acceptors (Lipinski definition) is 3. The lowest BCUT2D eigenvalue weighted by Gasteiger charge is -2.16. The molecule has 0 N–H and O–H groups in total. The molecule has 23 heavy (non-hydrogen) atoms. The van der Waals surface area contributed by atoms with Crippen LogP contribution in [0.1, 0.15) is 12.8 Å². The highest BCUT2D eigenvalue weighted by Crippen LogP contribution is 2.32. The molecule has 3 rings (SSSR count). The molecule has 0 aromatic heterocycles. The highest BCUT2D eigenvalue weighted by atomic mass is 35.5. The van der Waals surface area contributed by atoms with Crippen molar-refractivity contribution in [2.75, 3.05) is 26.2 Å². The van der Waals surface area contributed by atoms with Gasteiger partial charge in [0.25, 0.3) is 0 Å². The molecular weight excluding hydrogens is 333 g/mol. The Morgan fingerprint density at radius 3 is 2.43 bits per heavy atom. The Balaban J connectivity index is 0.00000192. The lowest BCUT2D eigenvalue weighted by atomic mass is 10.3. The standard InChI is InChI=1S/C18H20ClNO2.ClH/c19-15-6-5-7-16(14-15)22-18-9-2-1-8-17(18)21-13-12-20-10-3-4-11-20;/h1-2,5-9,14H,3-4,10-13H2;1H. The largest absolute Gasteiger partial charge is 0.488 e. The summed E-state index contributed by atoms with van der Waals surface area (Å²) >= 11 is 5.99. The average molecular weight is 354 g/mol. The molecule has 2 aromatic rings. The summed E-state index contributed by atoms with van der Waals surface area (Å²) in [6, 6.07) is 15.1. The zero-order valence-electron chi connectivity index (χ0n) is 12.9. The zero-order valence-corrected chi connectivity index (χ0v) is 14.5. The van der Waals surface area contributed by atoms with Crippen LogP contribution < -0.4 is 9.47 Å². The van der Waals surface area contributed by atoms with Crippen LogP contribution >= 0.6 is 24.0 Å². The van der Waals surface area contributed by atoms with Gasteiger partial charge in [-0.3, -0.25) is 4.90 Å². The van der Waals surface area contributed by atoms with Crippen LogP contribution in [0.4, 0.5) is 0 Å². The lowest BCUT2D eigenvalue weighted by Crippen LogP contribution is -2.25. The number of ether oxygens (including phenoxy) is 2. The first-order valence-corrected chi connectivity index (χ1v) is 8.07. The van der Waals surface area contributed by atoms with Gasteiger partial charge in [-0.15, -0.1) is 12.4 Å². The normalized spacial score (nSPS) is 14.3. The molecule has 0 amide bonds. The second-order valence-electron chi connectivity index (χ2n) is 5.40. The molecule has 0 bridgehead atoms. The van der Waals surface area contributed by atoms with Gasteiger partial charge in [0.05, 0.1) is 0 Å². The quantitative estimate of drug-likeness (QED) is 0.726. The topological polar surface area (TPSA) is 21.7 Å². The summed E-state index contributed by atoms with van der Waals surface area (Å²) in [4.78, 5) is 2.43. The van der Waals surface area contributed by atoms with Crippen LogP contribution in [-0.2, 0) is 0 Å². The maximum atomic E-state index is 5.99. The molecule has 0 spiro atoms. The third kappa shape index (κ3) is 5.31. The smallest absolute Gasteiger partial charge is 0.169 e. The average Bonchev–Trinajstić information content (AvgIpc) is 3.02. The van der Waals surface area contributed by atoms with E-state index in [4.69, 9.17) is 21.1 Å². The Morgan fingerprint density at radius 1 is 0.957 bits per heavy atom. The van der Waals surface area contributed by atoms with E-state index in [1.54, 1.807) is 6.07 Å². The number of para-hydroxylation sites is 2. The van der Waals surface area contributed by atoms with Crippen LogP contribution in [0.2, 0.25) is 5.02 Å². The molecule has 3 nitrogen and oxygen atoms in total. The predicted molar refractivity (Wildman–Crippen MR) is 96.4 cm³/mol. The van der Waals surface area contributed by atoms with E-state index in [0.29, 0.717) is 23.1 Å². The van der Waals surface area contributed by atoms with Gasteiger partial charge in [-0.05, 0) is 56.3 Å². The lowest BCUT2D eigenvalue weighted by molar-refractivity contribution is 0.232. The molecule has 1 aliphatic heterocycles. The van der Waals surface area contributed by atoms with Gasteiger partial charge in [-0.1, -0.05) is 29.8 Å². The monoisotopic (exact) mass is 353 g/mol. The molecular formula is C18H21Cl2NO2. The van der Waals surface area contributed by atoms with Gasteiger partial charge in [0.15, 0.2) is 11.5 Å². The van der Waals surface area contributed by atoms with E-state index in [1.165, 1.54) is 25.9 Å². The van der Waals surface area contributed by atoms with Crippen molar-refractivity contribution in [3.05, 3.63) is 53.6 Å². The highest BCUT2D eigenvalue weighted by molar-refractivity contribution is 6.30. The molecule has 5 heteroatoms. The van der Waals surface area contributed by atoms with Crippen LogP contribution in [0.5, 0.6) is 17.2 Å². The first-order chi connectivity index (χ1) is 10.8. The summed E-state index contributed by atoms with van der Waals surface area (Å²) in [5, 5.41) is 0.657. The summed E-state index contributed by atoms with van der Waals surface area (Å²) in [5.41, 5.74) is 0. The summed E-state index contributed by atoms with van der Waals surface area (Å²) < 4.78 is 11.8. The van der Waals surface area contributed by atoms with E-state index in [0.717, 1.165) is 12.3 Å². The SMILES string of the molecule is Cl.Clc1cccc(Oc2ccccc2OCCN2CCCC2)c1. The van der Waals surface area contributed by atoms with Crippen molar-refractivity contribution in [2.24, 2.45) is 0 Å². The maximum Gasteiger partial charge on any atom is 0.169 e. The second-order valence-corrected chi connectivity index (χ2v) is 5.84. The second kappa shape index (κ2) is 9.02. The third-order valence-electron chi connectivity index (χ3n) is 3.74. The number of benzene rings is 2. The molecule has 0 radical (unpaired) electrons. The van der Waals surface area contributed by atoms with Crippen molar-refractivity contribution in [2.45, 2.75) is 12.8 Å². The van der Waals surface area contributed by atoms with Gasteiger partial charge < -0.3 is 9.47 Å². The van der Waals surface area contributed by atoms with Crippen LogP contribution in [0.3, 0.4) is 0 Å². The number of likely N-dealkylation sites (tertiary alicyclic amines) is 1. The number of rotatable bonds is 6. The summed E-state index contributed by atoms with van der Waals surface area (Å²) in [6.45, 7) is 4.01. The zero-order chi connectivity index (χ0) is 15.2. The highest BCUT2D eigenvalue weighted by Gasteiger charge is 2.12. The van der Waals surface area contributed by atoms with E-state index in [2.05, 4.69) is 4.90 Å². The molecule has 0 saturated carbocycles. The fourth-order valence-corrected chi connectivity index (χ4v) is 2.78.